The number of hydrogen-bond acceptors (Lipinski definition) is 4. The fraction of sp³-hybridized carbons (Fsp3) is 0.400. The van der Waals surface area contributed by atoms with Gasteiger partial charge in [-0.25, -0.2) is 9.89 Å². The van der Waals surface area contributed by atoms with Crippen molar-refractivity contribution in [2.45, 2.75) is 38.4 Å². The lowest BCUT2D eigenvalue weighted by atomic mass is 10.1. The van der Waals surface area contributed by atoms with Crippen LogP contribution < -0.4 is 11.0 Å². The second kappa shape index (κ2) is 7.84. The zero-order chi connectivity index (χ0) is 15.9. The van der Waals surface area contributed by atoms with Crippen LogP contribution in [0.5, 0.6) is 0 Å². The van der Waals surface area contributed by atoms with Crippen LogP contribution in [0.25, 0.3) is 0 Å². The highest BCUT2D eigenvalue weighted by molar-refractivity contribution is 7.99. The van der Waals surface area contributed by atoms with Crippen molar-refractivity contribution in [2.75, 3.05) is 11.1 Å². The number of anilines is 1. The molecule has 0 fully saturated rings. The van der Waals surface area contributed by atoms with Gasteiger partial charge in [-0.15, -0.1) is 5.10 Å². The van der Waals surface area contributed by atoms with Gasteiger partial charge in [0.25, 0.3) is 0 Å². The number of aromatic amines is 1. The molecule has 2 rings (SSSR count). The first kappa shape index (κ1) is 16.4. The number of rotatable bonds is 7. The lowest BCUT2D eigenvalue weighted by molar-refractivity contribution is -0.113. The minimum absolute atomic E-state index is 0.107. The topological polar surface area (TPSA) is 79.8 Å². The largest absolute Gasteiger partial charge is 0.343 e. The summed E-state index contributed by atoms with van der Waals surface area (Å²) in [6.45, 7) is 4.63. The molecule has 118 valence electrons. The Kier molecular flexibility index (Phi) is 5.83. The highest BCUT2D eigenvalue weighted by atomic mass is 32.2. The Labute approximate surface area is 133 Å². The van der Waals surface area contributed by atoms with Crippen LogP contribution in [0.15, 0.2) is 34.2 Å². The maximum Gasteiger partial charge on any atom is 0.343 e. The number of carbonyl (C=O) groups excluding carboxylic acids is 1. The predicted molar refractivity (Wildman–Crippen MR) is 88.3 cm³/mol. The lowest BCUT2D eigenvalue weighted by Gasteiger charge is -2.09. The summed E-state index contributed by atoms with van der Waals surface area (Å²) in [7, 11) is 0. The van der Waals surface area contributed by atoms with E-state index in [-0.39, 0.29) is 17.3 Å². The first-order valence-corrected chi connectivity index (χ1v) is 8.30. The number of carbonyl (C=O) groups is 1. The number of H-pyrrole nitrogens is 1. The molecule has 0 spiro atoms. The van der Waals surface area contributed by atoms with E-state index in [9.17, 15) is 9.59 Å². The van der Waals surface area contributed by atoms with E-state index in [2.05, 4.69) is 15.5 Å². The summed E-state index contributed by atoms with van der Waals surface area (Å²) in [4.78, 5) is 23.7. The fourth-order valence-corrected chi connectivity index (χ4v) is 2.87. The van der Waals surface area contributed by atoms with Crippen LogP contribution in [0.2, 0.25) is 0 Å². The molecule has 22 heavy (non-hydrogen) atoms. The van der Waals surface area contributed by atoms with E-state index in [1.165, 1.54) is 11.8 Å². The van der Waals surface area contributed by atoms with Gasteiger partial charge in [0.15, 0.2) is 5.16 Å². The lowest BCUT2D eigenvalue weighted by Crippen LogP contribution is -2.19. The van der Waals surface area contributed by atoms with Crippen LogP contribution in [0, 0.1) is 0 Å². The molecule has 0 saturated carbocycles. The summed E-state index contributed by atoms with van der Waals surface area (Å²) in [5, 5.41) is 9.83. The van der Waals surface area contributed by atoms with E-state index in [0.717, 1.165) is 24.1 Å². The molecule has 2 N–H and O–H groups in total. The Hall–Kier alpha value is -2.02. The Balaban J connectivity index is 1.97. The summed E-state index contributed by atoms with van der Waals surface area (Å²) >= 11 is 1.26. The number of nitrogens with zero attached hydrogens (tertiary/aromatic N) is 2. The minimum atomic E-state index is -0.235. The SMILES string of the molecule is CCCn1c(SCC(=O)Nc2ccccc2CC)n[nH]c1=O. The van der Waals surface area contributed by atoms with Crippen molar-refractivity contribution in [3.8, 4) is 0 Å². The summed E-state index contributed by atoms with van der Waals surface area (Å²) in [5.41, 5.74) is 1.70. The number of aryl methyl sites for hydroxylation is 1. The third-order valence-electron chi connectivity index (χ3n) is 3.18. The van der Waals surface area contributed by atoms with Gasteiger partial charge in [0.1, 0.15) is 0 Å². The molecule has 0 bridgehead atoms. The van der Waals surface area contributed by atoms with E-state index in [1.54, 1.807) is 4.57 Å². The highest BCUT2D eigenvalue weighted by Crippen LogP contribution is 2.17. The highest BCUT2D eigenvalue weighted by Gasteiger charge is 2.11. The van der Waals surface area contributed by atoms with E-state index in [0.29, 0.717) is 11.7 Å². The third-order valence-corrected chi connectivity index (χ3v) is 4.15. The van der Waals surface area contributed by atoms with E-state index in [4.69, 9.17) is 0 Å². The number of amides is 1. The second-order valence-corrected chi connectivity index (χ2v) is 5.75. The van der Waals surface area contributed by atoms with Gasteiger partial charge in [-0.2, -0.15) is 0 Å². The molecule has 0 saturated heterocycles. The fourth-order valence-electron chi connectivity index (χ4n) is 2.10. The number of thioether (sulfide) groups is 1. The molecule has 0 aliphatic rings. The summed E-state index contributed by atoms with van der Waals surface area (Å²) in [6, 6.07) is 7.74. The van der Waals surface area contributed by atoms with Crippen molar-refractivity contribution in [2.24, 2.45) is 0 Å². The van der Waals surface area contributed by atoms with Gasteiger partial charge in [0.2, 0.25) is 5.91 Å². The first-order chi connectivity index (χ1) is 10.7. The molecule has 0 unspecified atom stereocenters. The average Bonchev–Trinajstić information content (AvgIpc) is 2.87. The van der Waals surface area contributed by atoms with Crippen LogP contribution in [-0.2, 0) is 17.8 Å². The van der Waals surface area contributed by atoms with Gasteiger partial charge < -0.3 is 5.32 Å². The Morgan fingerprint density at radius 1 is 1.36 bits per heavy atom. The van der Waals surface area contributed by atoms with Crippen LogP contribution in [0.1, 0.15) is 25.8 Å². The molecular weight excluding hydrogens is 300 g/mol. The molecule has 0 radical (unpaired) electrons. The summed E-state index contributed by atoms with van der Waals surface area (Å²) in [6.07, 6.45) is 1.70. The van der Waals surface area contributed by atoms with Crippen molar-refractivity contribution < 1.29 is 4.79 Å². The Morgan fingerprint density at radius 3 is 2.86 bits per heavy atom. The van der Waals surface area contributed by atoms with Gasteiger partial charge in [-0.1, -0.05) is 43.8 Å². The van der Waals surface area contributed by atoms with Crippen LogP contribution in [0.3, 0.4) is 0 Å². The molecule has 0 aliphatic carbocycles. The smallest absolute Gasteiger partial charge is 0.325 e. The van der Waals surface area contributed by atoms with Crippen molar-refractivity contribution in [1.82, 2.24) is 14.8 Å². The van der Waals surface area contributed by atoms with Crippen LogP contribution in [-0.4, -0.2) is 26.4 Å². The van der Waals surface area contributed by atoms with Crippen LogP contribution in [0.4, 0.5) is 5.69 Å². The molecule has 1 heterocycles. The maximum atomic E-state index is 12.1. The van der Waals surface area contributed by atoms with Gasteiger partial charge in [-0.05, 0) is 24.5 Å². The molecule has 1 aromatic carbocycles. The quantitative estimate of drug-likeness (QED) is 0.767. The van der Waals surface area contributed by atoms with Gasteiger partial charge in [0, 0.05) is 12.2 Å². The molecule has 1 amide bonds. The van der Waals surface area contributed by atoms with Crippen molar-refractivity contribution in [1.29, 1.82) is 0 Å². The van der Waals surface area contributed by atoms with Crippen molar-refractivity contribution >= 4 is 23.4 Å². The molecule has 1 aromatic heterocycles. The van der Waals surface area contributed by atoms with Gasteiger partial charge in [-0.3, -0.25) is 9.36 Å². The van der Waals surface area contributed by atoms with Gasteiger partial charge >= 0.3 is 5.69 Å². The standard InChI is InChI=1S/C15H20N4O2S/c1-3-9-19-14(21)17-18-15(19)22-10-13(20)16-12-8-6-5-7-11(12)4-2/h5-8H,3-4,9-10H2,1-2H3,(H,16,20)(H,17,21). The number of para-hydroxylation sites is 1. The predicted octanol–water partition coefficient (Wildman–Crippen LogP) is 2.27. The molecule has 0 aliphatic heterocycles. The summed E-state index contributed by atoms with van der Waals surface area (Å²) in [5.74, 6) is 0.107. The number of benzene rings is 1. The van der Waals surface area contributed by atoms with Crippen molar-refractivity contribution in [3.05, 3.63) is 40.3 Å². The zero-order valence-electron chi connectivity index (χ0n) is 12.8. The molecule has 7 heteroatoms. The van der Waals surface area contributed by atoms with Crippen molar-refractivity contribution in [3.63, 3.8) is 0 Å². The van der Waals surface area contributed by atoms with Crippen LogP contribution >= 0.6 is 11.8 Å². The Bertz CT molecular complexity index is 693. The second-order valence-electron chi connectivity index (χ2n) is 4.81. The minimum Gasteiger partial charge on any atom is -0.325 e. The Morgan fingerprint density at radius 2 is 2.14 bits per heavy atom. The van der Waals surface area contributed by atoms with E-state index < -0.39 is 0 Å². The normalized spacial score (nSPS) is 10.6. The number of aromatic nitrogens is 3. The molecule has 0 atom stereocenters. The van der Waals surface area contributed by atoms with Gasteiger partial charge in [0.05, 0.1) is 5.75 Å². The zero-order valence-corrected chi connectivity index (χ0v) is 13.6. The monoisotopic (exact) mass is 320 g/mol. The van der Waals surface area contributed by atoms with E-state index in [1.807, 2.05) is 38.1 Å². The maximum absolute atomic E-state index is 12.1. The molecule has 2 aromatic rings. The summed E-state index contributed by atoms with van der Waals surface area (Å²) < 4.78 is 1.55. The number of nitrogens with one attached hydrogen (secondary N) is 2. The average molecular weight is 320 g/mol. The molecule has 6 nitrogen and oxygen atoms in total. The molecular formula is C15H20N4O2S. The first-order valence-electron chi connectivity index (χ1n) is 7.31. The van der Waals surface area contributed by atoms with E-state index >= 15 is 0 Å². The third kappa shape index (κ3) is 4.00. The number of hydrogen-bond donors (Lipinski definition) is 2.